The highest BCUT2D eigenvalue weighted by molar-refractivity contribution is 9.10. The van der Waals surface area contributed by atoms with Gasteiger partial charge in [-0.15, -0.1) is 11.8 Å². The van der Waals surface area contributed by atoms with Gasteiger partial charge in [0.1, 0.15) is 0 Å². The van der Waals surface area contributed by atoms with Crippen molar-refractivity contribution >= 4 is 33.6 Å². The second-order valence-corrected chi connectivity index (χ2v) is 4.24. The van der Waals surface area contributed by atoms with E-state index in [-0.39, 0.29) is 5.75 Å². The van der Waals surface area contributed by atoms with E-state index in [1.54, 1.807) is 5.48 Å². The SMILES string of the molecule is O=C(CSc1ccc(Br)cc1)NO. The van der Waals surface area contributed by atoms with Crippen LogP contribution in [0.1, 0.15) is 0 Å². The van der Waals surface area contributed by atoms with Gasteiger partial charge >= 0.3 is 0 Å². The Morgan fingerprint density at radius 3 is 2.62 bits per heavy atom. The Labute approximate surface area is 88.6 Å². The smallest absolute Gasteiger partial charge is 0.253 e. The molecule has 0 radical (unpaired) electrons. The maximum Gasteiger partial charge on any atom is 0.253 e. The fourth-order valence-electron chi connectivity index (χ4n) is 0.712. The Morgan fingerprint density at radius 1 is 1.46 bits per heavy atom. The molecule has 0 unspecified atom stereocenters. The van der Waals surface area contributed by atoms with Crippen LogP contribution in [0, 0.1) is 0 Å². The first-order chi connectivity index (χ1) is 6.22. The number of benzene rings is 1. The van der Waals surface area contributed by atoms with Gasteiger partial charge in [0.25, 0.3) is 5.91 Å². The minimum atomic E-state index is -0.395. The normalized spacial score (nSPS) is 9.69. The van der Waals surface area contributed by atoms with Crippen LogP contribution in [-0.2, 0) is 4.79 Å². The molecule has 0 saturated heterocycles. The molecule has 3 nitrogen and oxygen atoms in total. The fraction of sp³-hybridized carbons (Fsp3) is 0.125. The lowest BCUT2D eigenvalue weighted by molar-refractivity contribution is -0.126. The van der Waals surface area contributed by atoms with E-state index >= 15 is 0 Å². The first-order valence-corrected chi connectivity index (χ1v) is 5.31. The summed E-state index contributed by atoms with van der Waals surface area (Å²) in [4.78, 5) is 11.7. The van der Waals surface area contributed by atoms with Gasteiger partial charge in [0.15, 0.2) is 0 Å². The van der Waals surface area contributed by atoms with Crippen molar-refractivity contribution in [1.82, 2.24) is 5.48 Å². The Morgan fingerprint density at radius 2 is 2.08 bits per heavy atom. The molecule has 0 saturated carbocycles. The first-order valence-electron chi connectivity index (χ1n) is 3.53. The molecule has 0 bridgehead atoms. The Hall–Kier alpha value is -0.520. The van der Waals surface area contributed by atoms with Gasteiger partial charge in [0.2, 0.25) is 0 Å². The summed E-state index contributed by atoms with van der Waals surface area (Å²) in [7, 11) is 0. The second-order valence-electron chi connectivity index (χ2n) is 2.28. The summed E-state index contributed by atoms with van der Waals surface area (Å²) in [5.74, 6) is -0.175. The molecule has 1 aromatic rings. The molecule has 1 amide bonds. The average molecular weight is 262 g/mol. The minimum Gasteiger partial charge on any atom is -0.289 e. The summed E-state index contributed by atoms with van der Waals surface area (Å²) in [6, 6.07) is 7.61. The molecule has 2 N–H and O–H groups in total. The van der Waals surface area contributed by atoms with Crippen molar-refractivity contribution in [3.05, 3.63) is 28.7 Å². The van der Waals surface area contributed by atoms with Crippen molar-refractivity contribution in [2.24, 2.45) is 0 Å². The summed E-state index contributed by atoms with van der Waals surface area (Å²) >= 11 is 4.68. The van der Waals surface area contributed by atoms with E-state index in [1.165, 1.54) is 11.8 Å². The van der Waals surface area contributed by atoms with Crippen LogP contribution in [0.2, 0.25) is 0 Å². The van der Waals surface area contributed by atoms with Crippen molar-refractivity contribution in [2.75, 3.05) is 5.75 Å². The molecule has 0 fully saturated rings. The predicted molar refractivity (Wildman–Crippen MR) is 54.8 cm³/mol. The molecule has 0 spiro atoms. The van der Waals surface area contributed by atoms with Crippen LogP contribution in [0.4, 0.5) is 0 Å². The van der Waals surface area contributed by atoms with Crippen LogP contribution in [0.15, 0.2) is 33.6 Å². The van der Waals surface area contributed by atoms with Crippen molar-refractivity contribution in [3.63, 3.8) is 0 Å². The van der Waals surface area contributed by atoms with Gasteiger partial charge in [0, 0.05) is 9.37 Å². The number of carbonyl (C=O) groups excluding carboxylic acids is 1. The number of amides is 1. The summed E-state index contributed by atoms with van der Waals surface area (Å²) < 4.78 is 1.00. The molecular formula is C8H8BrNO2S. The maximum atomic E-state index is 10.7. The van der Waals surface area contributed by atoms with E-state index in [2.05, 4.69) is 15.9 Å². The van der Waals surface area contributed by atoms with E-state index < -0.39 is 5.91 Å². The molecule has 0 atom stereocenters. The molecule has 5 heteroatoms. The van der Waals surface area contributed by atoms with Crippen LogP contribution in [0.3, 0.4) is 0 Å². The molecule has 1 rings (SSSR count). The van der Waals surface area contributed by atoms with E-state index in [0.29, 0.717) is 0 Å². The third kappa shape index (κ3) is 3.80. The van der Waals surface area contributed by atoms with Gasteiger partial charge in [0.05, 0.1) is 5.75 Å². The summed E-state index contributed by atoms with van der Waals surface area (Å²) in [5.41, 5.74) is 1.58. The number of hydrogen-bond acceptors (Lipinski definition) is 3. The molecule has 70 valence electrons. The van der Waals surface area contributed by atoms with E-state index in [0.717, 1.165) is 9.37 Å². The second kappa shape index (κ2) is 5.26. The number of hydroxylamine groups is 1. The molecule has 1 aromatic carbocycles. The van der Waals surface area contributed by atoms with Crippen LogP contribution < -0.4 is 5.48 Å². The van der Waals surface area contributed by atoms with Gasteiger partial charge in [-0.05, 0) is 24.3 Å². The Balaban J connectivity index is 2.46. The number of nitrogens with one attached hydrogen (secondary N) is 1. The van der Waals surface area contributed by atoms with Gasteiger partial charge in [-0.2, -0.15) is 0 Å². The van der Waals surface area contributed by atoms with Crippen LogP contribution in [0.25, 0.3) is 0 Å². The van der Waals surface area contributed by atoms with Crippen LogP contribution in [0.5, 0.6) is 0 Å². The lowest BCUT2D eigenvalue weighted by Gasteiger charge is -1.99. The quantitative estimate of drug-likeness (QED) is 0.498. The Bertz CT molecular complexity index is 289. The number of thioether (sulfide) groups is 1. The monoisotopic (exact) mass is 261 g/mol. The molecule has 0 aliphatic carbocycles. The number of halogens is 1. The van der Waals surface area contributed by atoms with Gasteiger partial charge < -0.3 is 0 Å². The van der Waals surface area contributed by atoms with Crippen molar-refractivity contribution in [1.29, 1.82) is 0 Å². The third-order valence-electron chi connectivity index (χ3n) is 1.31. The Kier molecular flexibility index (Phi) is 4.27. The van der Waals surface area contributed by atoms with Crippen molar-refractivity contribution in [2.45, 2.75) is 4.90 Å². The summed E-state index contributed by atoms with van der Waals surface area (Å²) in [5, 5.41) is 8.24. The topological polar surface area (TPSA) is 49.3 Å². The number of hydrogen-bond donors (Lipinski definition) is 2. The van der Waals surface area contributed by atoms with E-state index in [9.17, 15) is 4.79 Å². The predicted octanol–water partition coefficient (Wildman–Crippen LogP) is 2.05. The van der Waals surface area contributed by atoms with E-state index in [1.807, 2.05) is 24.3 Å². The standard InChI is InChI=1S/C8H8BrNO2S/c9-6-1-3-7(4-2-6)13-5-8(11)10-12/h1-4,12H,5H2,(H,10,11). The maximum absolute atomic E-state index is 10.7. The zero-order chi connectivity index (χ0) is 9.68. The van der Waals surface area contributed by atoms with Crippen LogP contribution >= 0.6 is 27.7 Å². The summed E-state index contributed by atoms with van der Waals surface area (Å²) in [6.45, 7) is 0. The lowest BCUT2D eigenvalue weighted by atomic mass is 10.4. The zero-order valence-corrected chi connectivity index (χ0v) is 9.06. The first kappa shape index (κ1) is 10.6. The summed E-state index contributed by atoms with van der Waals surface area (Å²) in [6.07, 6.45) is 0. The van der Waals surface area contributed by atoms with Crippen LogP contribution in [-0.4, -0.2) is 16.9 Å². The van der Waals surface area contributed by atoms with Gasteiger partial charge in [-0.25, -0.2) is 5.48 Å². The average Bonchev–Trinajstić information content (AvgIpc) is 2.16. The molecule has 0 aromatic heterocycles. The molecule has 0 aliphatic rings. The lowest BCUT2D eigenvalue weighted by Crippen LogP contribution is -2.20. The highest BCUT2D eigenvalue weighted by Gasteiger charge is 2.00. The van der Waals surface area contributed by atoms with Crippen molar-refractivity contribution < 1.29 is 10.0 Å². The van der Waals surface area contributed by atoms with Gasteiger partial charge in [-0.1, -0.05) is 15.9 Å². The third-order valence-corrected chi connectivity index (χ3v) is 2.85. The molecule has 0 heterocycles. The largest absolute Gasteiger partial charge is 0.289 e. The molecule has 0 aliphatic heterocycles. The molecule has 13 heavy (non-hydrogen) atoms. The van der Waals surface area contributed by atoms with E-state index in [4.69, 9.17) is 5.21 Å². The highest BCUT2D eigenvalue weighted by Crippen LogP contribution is 2.19. The minimum absolute atomic E-state index is 0.220. The van der Waals surface area contributed by atoms with Gasteiger partial charge in [-0.3, -0.25) is 10.0 Å². The number of rotatable bonds is 3. The van der Waals surface area contributed by atoms with Crippen molar-refractivity contribution in [3.8, 4) is 0 Å². The molecular weight excluding hydrogens is 254 g/mol. The fourth-order valence-corrected chi connectivity index (χ4v) is 1.67. The zero-order valence-electron chi connectivity index (χ0n) is 6.66. The number of carbonyl (C=O) groups is 1. The highest BCUT2D eigenvalue weighted by atomic mass is 79.9.